The molecular weight excluding hydrogens is 286 g/mol. The first kappa shape index (κ1) is 13.4. The number of nitrogens with zero attached hydrogens (tertiary/aromatic N) is 3. The number of aromatic amines is 1. The van der Waals surface area contributed by atoms with Crippen molar-refractivity contribution in [3.05, 3.63) is 52.7 Å². The monoisotopic (exact) mass is 299 g/mol. The van der Waals surface area contributed by atoms with Gasteiger partial charge in [-0.25, -0.2) is 0 Å². The molecule has 0 aliphatic rings. The first-order valence-corrected chi connectivity index (χ1v) is 7.17. The second kappa shape index (κ2) is 5.84. The molecule has 0 atom stereocenters. The predicted octanol–water partition coefficient (Wildman–Crippen LogP) is 2.17. The molecule has 1 amide bonds. The molecule has 2 heterocycles. The highest BCUT2D eigenvalue weighted by atomic mass is 32.1. The van der Waals surface area contributed by atoms with E-state index in [0.29, 0.717) is 17.1 Å². The minimum Gasteiger partial charge on any atom is -0.347 e. The summed E-state index contributed by atoms with van der Waals surface area (Å²) in [4.78, 5) is 12.5. The van der Waals surface area contributed by atoms with Gasteiger partial charge in [-0.3, -0.25) is 9.89 Å². The van der Waals surface area contributed by atoms with Crippen molar-refractivity contribution in [2.45, 2.75) is 13.5 Å². The maximum atomic E-state index is 12.0. The average molecular weight is 299 g/mol. The highest BCUT2D eigenvalue weighted by Crippen LogP contribution is 2.16. The van der Waals surface area contributed by atoms with Crippen molar-refractivity contribution in [3.8, 4) is 11.3 Å². The largest absolute Gasteiger partial charge is 0.347 e. The molecule has 0 aliphatic heterocycles. The van der Waals surface area contributed by atoms with E-state index >= 15 is 0 Å². The van der Waals surface area contributed by atoms with Gasteiger partial charge in [0, 0.05) is 12.7 Å². The van der Waals surface area contributed by atoms with Gasteiger partial charge in [-0.15, -0.1) is 5.10 Å². The zero-order valence-corrected chi connectivity index (χ0v) is 12.1. The first-order valence-electron chi connectivity index (χ1n) is 6.40. The van der Waals surface area contributed by atoms with Crippen LogP contribution in [0.3, 0.4) is 0 Å². The number of hydrogen-bond acceptors (Lipinski definition) is 5. The molecule has 2 aromatic heterocycles. The number of amides is 1. The summed E-state index contributed by atoms with van der Waals surface area (Å²) in [6.07, 6.45) is 1.72. The second-order valence-electron chi connectivity index (χ2n) is 4.54. The molecule has 7 heteroatoms. The van der Waals surface area contributed by atoms with Crippen LogP contribution in [-0.4, -0.2) is 25.7 Å². The Labute approximate surface area is 125 Å². The Bertz CT molecular complexity index is 733. The lowest BCUT2D eigenvalue weighted by Crippen LogP contribution is -2.22. The summed E-state index contributed by atoms with van der Waals surface area (Å²) < 4.78 is 3.76. The number of carbonyl (C=O) groups excluding carboxylic acids is 1. The fourth-order valence-electron chi connectivity index (χ4n) is 1.92. The molecule has 0 saturated heterocycles. The van der Waals surface area contributed by atoms with Crippen LogP contribution in [0.2, 0.25) is 0 Å². The van der Waals surface area contributed by atoms with Gasteiger partial charge < -0.3 is 5.32 Å². The Hall–Kier alpha value is -2.54. The Kier molecular flexibility index (Phi) is 3.74. The van der Waals surface area contributed by atoms with Crippen LogP contribution in [0.15, 0.2) is 36.5 Å². The van der Waals surface area contributed by atoms with Gasteiger partial charge in [0.2, 0.25) is 0 Å². The molecule has 0 aliphatic carbocycles. The number of aryl methyl sites for hydroxylation is 1. The van der Waals surface area contributed by atoms with E-state index in [9.17, 15) is 4.79 Å². The van der Waals surface area contributed by atoms with Crippen LogP contribution in [0.25, 0.3) is 11.3 Å². The van der Waals surface area contributed by atoms with E-state index in [-0.39, 0.29) is 5.91 Å². The van der Waals surface area contributed by atoms with E-state index in [1.807, 2.05) is 30.3 Å². The van der Waals surface area contributed by atoms with Gasteiger partial charge in [-0.1, -0.05) is 28.8 Å². The third kappa shape index (κ3) is 2.97. The molecule has 2 N–H and O–H groups in total. The molecular formula is C14H13N5OS. The van der Waals surface area contributed by atoms with Crippen LogP contribution in [0.1, 0.15) is 20.9 Å². The number of aromatic nitrogens is 4. The summed E-state index contributed by atoms with van der Waals surface area (Å²) >= 11 is 1.11. The molecule has 3 rings (SSSR count). The summed E-state index contributed by atoms with van der Waals surface area (Å²) in [5, 5.41) is 13.5. The highest BCUT2D eigenvalue weighted by molar-refractivity contribution is 7.07. The van der Waals surface area contributed by atoms with Crippen molar-refractivity contribution >= 4 is 17.4 Å². The second-order valence-corrected chi connectivity index (χ2v) is 5.29. The van der Waals surface area contributed by atoms with Gasteiger partial charge in [0.25, 0.3) is 5.91 Å². The lowest BCUT2D eigenvalue weighted by Gasteiger charge is -2.05. The van der Waals surface area contributed by atoms with Gasteiger partial charge >= 0.3 is 0 Å². The van der Waals surface area contributed by atoms with E-state index in [1.54, 1.807) is 13.1 Å². The molecule has 0 fully saturated rings. The highest BCUT2D eigenvalue weighted by Gasteiger charge is 2.12. The van der Waals surface area contributed by atoms with Crippen molar-refractivity contribution < 1.29 is 4.79 Å². The lowest BCUT2D eigenvalue weighted by atomic mass is 10.1. The van der Waals surface area contributed by atoms with E-state index in [2.05, 4.69) is 25.1 Å². The number of hydrogen-bond donors (Lipinski definition) is 2. The SMILES string of the molecule is Cc1nnsc1C(=O)NCc1ccc(-c2ccn[nH]2)cc1. The normalized spacial score (nSPS) is 10.5. The van der Waals surface area contributed by atoms with Crippen molar-refractivity contribution in [3.63, 3.8) is 0 Å². The molecule has 0 saturated carbocycles. The van der Waals surface area contributed by atoms with Gasteiger partial charge in [0.05, 0.1) is 11.4 Å². The molecule has 0 unspecified atom stereocenters. The molecule has 0 radical (unpaired) electrons. The Morgan fingerprint density at radius 3 is 2.71 bits per heavy atom. The van der Waals surface area contributed by atoms with Gasteiger partial charge in [0.15, 0.2) is 0 Å². The Morgan fingerprint density at radius 2 is 2.10 bits per heavy atom. The Balaban J connectivity index is 1.64. The van der Waals surface area contributed by atoms with Gasteiger partial charge in [-0.2, -0.15) is 5.10 Å². The van der Waals surface area contributed by atoms with Crippen LogP contribution in [-0.2, 0) is 6.54 Å². The number of H-pyrrole nitrogens is 1. The summed E-state index contributed by atoms with van der Waals surface area (Å²) in [6, 6.07) is 9.86. The quantitative estimate of drug-likeness (QED) is 0.773. The van der Waals surface area contributed by atoms with Crippen LogP contribution in [0.5, 0.6) is 0 Å². The Morgan fingerprint density at radius 1 is 1.29 bits per heavy atom. The third-order valence-electron chi connectivity index (χ3n) is 3.08. The van der Waals surface area contributed by atoms with Crippen LogP contribution in [0.4, 0.5) is 0 Å². The fourth-order valence-corrected chi connectivity index (χ4v) is 2.49. The zero-order valence-electron chi connectivity index (χ0n) is 11.3. The van der Waals surface area contributed by atoms with Crippen LogP contribution >= 0.6 is 11.5 Å². The number of carbonyl (C=O) groups is 1. The molecule has 21 heavy (non-hydrogen) atoms. The first-order chi connectivity index (χ1) is 10.2. The van der Waals surface area contributed by atoms with Crippen molar-refractivity contribution in [1.82, 2.24) is 25.1 Å². The summed E-state index contributed by atoms with van der Waals surface area (Å²) in [6.45, 7) is 2.25. The van der Waals surface area contributed by atoms with E-state index in [1.165, 1.54) is 0 Å². The van der Waals surface area contributed by atoms with E-state index < -0.39 is 0 Å². The fraction of sp³-hybridized carbons (Fsp3) is 0.143. The summed E-state index contributed by atoms with van der Waals surface area (Å²) in [5.41, 5.74) is 3.72. The van der Waals surface area contributed by atoms with Crippen molar-refractivity contribution in [2.75, 3.05) is 0 Å². The topological polar surface area (TPSA) is 83.6 Å². The third-order valence-corrected chi connectivity index (χ3v) is 3.90. The molecule has 3 aromatic rings. The predicted molar refractivity (Wildman–Crippen MR) is 79.8 cm³/mol. The van der Waals surface area contributed by atoms with Crippen molar-refractivity contribution in [1.29, 1.82) is 0 Å². The van der Waals surface area contributed by atoms with E-state index in [4.69, 9.17) is 0 Å². The van der Waals surface area contributed by atoms with Crippen LogP contribution < -0.4 is 5.32 Å². The molecule has 0 bridgehead atoms. The number of rotatable bonds is 4. The standard InChI is InChI=1S/C14H13N5OS/c1-9-13(21-19-17-9)14(20)15-8-10-2-4-11(5-3-10)12-6-7-16-18-12/h2-7H,8H2,1H3,(H,15,20)(H,16,18). The van der Waals surface area contributed by atoms with Crippen molar-refractivity contribution in [2.24, 2.45) is 0 Å². The molecule has 1 aromatic carbocycles. The molecule has 106 valence electrons. The summed E-state index contributed by atoms with van der Waals surface area (Å²) in [5.74, 6) is -0.139. The maximum absolute atomic E-state index is 12.0. The summed E-state index contributed by atoms with van der Waals surface area (Å²) in [7, 11) is 0. The van der Waals surface area contributed by atoms with Gasteiger partial charge in [0.1, 0.15) is 4.88 Å². The smallest absolute Gasteiger partial charge is 0.265 e. The maximum Gasteiger partial charge on any atom is 0.265 e. The minimum absolute atomic E-state index is 0.139. The van der Waals surface area contributed by atoms with E-state index in [0.717, 1.165) is 28.4 Å². The minimum atomic E-state index is -0.139. The number of nitrogens with one attached hydrogen (secondary N) is 2. The molecule has 6 nitrogen and oxygen atoms in total. The average Bonchev–Trinajstić information content (AvgIpc) is 3.16. The zero-order chi connectivity index (χ0) is 14.7. The molecule has 0 spiro atoms. The van der Waals surface area contributed by atoms with Gasteiger partial charge in [-0.05, 0) is 35.6 Å². The van der Waals surface area contributed by atoms with Crippen LogP contribution in [0, 0.1) is 6.92 Å². The lowest BCUT2D eigenvalue weighted by molar-refractivity contribution is 0.0954. The number of benzene rings is 1.